The summed E-state index contributed by atoms with van der Waals surface area (Å²) < 4.78 is 0. The van der Waals surface area contributed by atoms with Crippen LogP contribution in [0.25, 0.3) is 10.8 Å². The van der Waals surface area contributed by atoms with E-state index in [0.29, 0.717) is 37.8 Å². The lowest BCUT2D eigenvalue weighted by molar-refractivity contribution is -0.123. The highest BCUT2D eigenvalue weighted by molar-refractivity contribution is 6.02. The zero-order valence-corrected chi connectivity index (χ0v) is 15.7. The van der Waals surface area contributed by atoms with Crippen LogP contribution in [0.5, 0.6) is 5.75 Å². The maximum atomic E-state index is 11.8. The van der Waals surface area contributed by atoms with Crippen LogP contribution in [0.4, 0.5) is 0 Å². The number of fused-ring (bicyclic) bond motifs is 1. The van der Waals surface area contributed by atoms with Crippen molar-refractivity contribution in [3.63, 3.8) is 0 Å². The van der Waals surface area contributed by atoms with Crippen molar-refractivity contribution in [2.75, 3.05) is 6.54 Å². The average Bonchev–Trinajstić information content (AvgIpc) is 2.67. The Bertz CT molecular complexity index is 802. The molecule has 0 saturated carbocycles. The van der Waals surface area contributed by atoms with Crippen molar-refractivity contribution in [1.82, 2.24) is 10.7 Å². The Hall–Kier alpha value is -2.89. The summed E-state index contributed by atoms with van der Waals surface area (Å²) in [6.45, 7) is 2.79. The molecule has 0 spiro atoms. The zero-order valence-electron chi connectivity index (χ0n) is 15.7. The van der Waals surface area contributed by atoms with E-state index in [1.54, 1.807) is 6.07 Å². The lowest BCUT2D eigenvalue weighted by Crippen LogP contribution is -2.24. The number of benzene rings is 2. The van der Waals surface area contributed by atoms with Gasteiger partial charge in [-0.15, -0.1) is 0 Å². The highest BCUT2D eigenvalue weighted by Gasteiger charge is 2.05. The van der Waals surface area contributed by atoms with Gasteiger partial charge in [-0.2, -0.15) is 5.10 Å². The molecule has 0 aromatic heterocycles. The van der Waals surface area contributed by atoms with Gasteiger partial charge in [0.25, 0.3) is 0 Å². The highest BCUT2D eigenvalue weighted by atomic mass is 16.3. The number of hydrogen-bond donors (Lipinski definition) is 3. The normalized spacial score (nSPS) is 11.0. The summed E-state index contributed by atoms with van der Waals surface area (Å²) in [6.07, 6.45) is 5.53. The van der Waals surface area contributed by atoms with E-state index in [2.05, 4.69) is 22.8 Å². The molecule has 0 unspecified atom stereocenters. The molecular weight excluding hydrogens is 342 g/mol. The first-order valence-corrected chi connectivity index (χ1v) is 9.41. The molecule has 0 fully saturated rings. The van der Waals surface area contributed by atoms with E-state index in [4.69, 9.17) is 0 Å². The van der Waals surface area contributed by atoms with Gasteiger partial charge < -0.3 is 10.4 Å². The second-order valence-corrected chi connectivity index (χ2v) is 6.42. The van der Waals surface area contributed by atoms with Crippen molar-refractivity contribution < 1.29 is 14.7 Å². The van der Waals surface area contributed by atoms with Crippen molar-refractivity contribution in [1.29, 1.82) is 0 Å². The van der Waals surface area contributed by atoms with Crippen molar-refractivity contribution in [2.45, 2.75) is 45.4 Å². The summed E-state index contributed by atoms with van der Waals surface area (Å²) in [5.41, 5.74) is 3.04. The molecule has 2 aromatic carbocycles. The van der Waals surface area contributed by atoms with Gasteiger partial charge in [0.05, 0.1) is 6.21 Å². The second kappa shape index (κ2) is 11.0. The highest BCUT2D eigenvalue weighted by Crippen LogP contribution is 2.25. The molecule has 0 bridgehead atoms. The van der Waals surface area contributed by atoms with Crippen LogP contribution in [-0.2, 0) is 9.59 Å². The molecule has 0 radical (unpaired) electrons. The fourth-order valence-corrected chi connectivity index (χ4v) is 2.71. The number of nitrogens with zero attached hydrogens (tertiary/aromatic N) is 1. The first-order chi connectivity index (χ1) is 13.1. The fourth-order valence-electron chi connectivity index (χ4n) is 2.71. The van der Waals surface area contributed by atoms with Crippen molar-refractivity contribution >= 4 is 28.8 Å². The Morgan fingerprint density at radius 1 is 1.04 bits per heavy atom. The van der Waals surface area contributed by atoms with Crippen LogP contribution >= 0.6 is 0 Å². The van der Waals surface area contributed by atoms with E-state index in [0.717, 1.165) is 23.6 Å². The first-order valence-electron chi connectivity index (χ1n) is 9.41. The van der Waals surface area contributed by atoms with Gasteiger partial charge in [-0.25, -0.2) is 5.43 Å². The van der Waals surface area contributed by atoms with Gasteiger partial charge in [0.15, 0.2) is 0 Å². The third-order valence-corrected chi connectivity index (χ3v) is 4.24. The molecule has 0 heterocycles. The number of unbranched alkanes of at least 4 members (excludes halogenated alkanes) is 2. The van der Waals surface area contributed by atoms with Crippen molar-refractivity contribution in [2.24, 2.45) is 5.10 Å². The lowest BCUT2D eigenvalue weighted by atomic mass is 10.0. The molecule has 0 aliphatic heterocycles. The third kappa shape index (κ3) is 6.73. The first kappa shape index (κ1) is 20.4. The van der Waals surface area contributed by atoms with Crippen LogP contribution in [0.1, 0.15) is 51.0 Å². The summed E-state index contributed by atoms with van der Waals surface area (Å²) in [4.78, 5) is 23.4. The Labute approximate surface area is 159 Å². The second-order valence-electron chi connectivity index (χ2n) is 6.42. The summed E-state index contributed by atoms with van der Waals surface area (Å²) in [5, 5.41) is 18.7. The summed E-state index contributed by atoms with van der Waals surface area (Å²) in [7, 11) is 0. The predicted octanol–water partition coefficient (Wildman–Crippen LogP) is 3.47. The Kier molecular flexibility index (Phi) is 8.29. The maximum Gasteiger partial charge on any atom is 0.240 e. The largest absolute Gasteiger partial charge is 0.507 e. The van der Waals surface area contributed by atoms with Gasteiger partial charge in [-0.3, -0.25) is 9.59 Å². The van der Waals surface area contributed by atoms with E-state index >= 15 is 0 Å². The molecule has 0 atom stereocenters. The number of carbonyl (C=O) groups excluding carboxylic acids is 2. The summed E-state index contributed by atoms with van der Waals surface area (Å²) in [6, 6.07) is 11.1. The smallest absolute Gasteiger partial charge is 0.240 e. The number of aromatic hydroxyl groups is 1. The Morgan fingerprint density at radius 2 is 1.78 bits per heavy atom. The third-order valence-electron chi connectivity index (χ3n) is 4.24. The van der Waals surface area contributed by atoms with E-state index in [1.165, 1.54) is 6.21 Å². The van der Waals surface area contributed by atoms with Gasteiger partial charge in [-0.1, -0.05) is 43.7 Å². The van der Waals surface area contributed by atoms with Crippen LogP contribution in [0, 0.1) is 0 Å². The molecule has 2 amide bonds. The van der Waals surface area contributed by atoms with E-state index in [9.17, 15) is 14.7 Å². The quantitative estimate of drug-likeness (QED) is 0.340. The van der Waals surface area contributed by atoms with Gasteiger partial charge in [0.2, 0.25) is 11.8 Å². The molecule has 144 valence electrons. The Morgan fingerprint density at radius 3 is 2.56 bits per heavy atom. The predicted molar refractivity (Wildman–Crippen MR) is 108 cm³/mol. The summed E-state index contributed by atoms with van der Waals surface area (Å²) in [5.74, 6) is -0.0635. The van der Waals surface area contributed by atoms with E-state index in [-0.39, 0.29) is 17.6 Å². The van der Waals surface area contributed by atoms with E-state index < -0.39 is 0 Å². The minimum atomic E-state index is -0.211. The molecule has 2 aromatic rings. The molecule has 0 aliphatic rings. The number of nitrogens with one attached hydrogen (secondary N) is 2. The number of carbonyl (C=O) groups is 2. The molecule has 2 rings (SSSR count). The van der Waals surface area contributed by atoms with Gasteiger partial charge in [0.1, 0.15) is 5.75 Å². The number of phenols is 1. The summed E-state index contributed by atoms with van der Waals surface area (Å²) >= 11 is 0. The SMILES string of the molecule is CCCCNC(=O)CCCCC(=O)NN=Cc1c(O)ccc2ccccc12. The average molecular weight is 369 g/mol. The van der Waals surface area contributed by atoms with Crippen LogP contribution < -0.4 is 10.7 Å². The molecular formula is C21H27N3O3. The number of amides is 2. The monoisotopic (exact) mass is 369 g/mol. The number of rotatable bonds is 10. The van der Waals surface area contributed by atoms with Crippen LogP contribution in [-0.4, -0.2) is 29.7 Å². The molecule has 3 N–H and O–H groups in total. The zero-order chi connectivity index (χ0) is 19.5. The minimum absolute atomic E-state index is 0.0355. The maximum absolute atomic E-state index is 11.8. The van der Waals surface area contributed by atoms with E-state index in [1.807, 2.05) is 30.3 Å². The van der Waals surface area contributed by atoms with Crippen molar-refractivity contribution in [3.05, 3.63) is 42.0 Å². The molecule has 27 heavy (non-hydrogen) atoms. The molecule has 6 nitrogen and oxygen atoms in total. The topological polar surface area (TPSA) is 90.8 Å². The minimum Gasteiger partial charge on any atom is -0.507 e. The van der Waals surface area contributed by atoms with Crippen LogP contribution in [0.3, 0.4) is 0 Å². The van der Waals surface area contributed by atoms with Crippen LogP contribution in [0.2, 0.25) is 0 Å². The van der Waals surface area contributed by atoms with Gasteiger partial charge in [-0.05, 0) is 36.1 Å². The number of hydrogen-bond acceptors (Lipinski definition) is 4. The standard InChI is InChI=1S/C21H27N3O3/c1-2-3-14-22-20(26)10-6-7-11-21(27)24-23-15-18-17-9-5-4-8-16(17)12-13-19(18)25/h4-5,8-9,12-13,15,25H,2-3,6-7,10-11,14H2,1H3,(H,22,26)(H,24,27). The molecule has 0 saturated heterocycles. The fraction of sp³-hybridized carbons (Fsp3) is 0.381. The lowest BCUT2D eigenvalue weighted by Gasteiger charge is -2.05. The molecule has 6 heteroatoms. The van der Waals surface area contributed by atoms with Crippen molar-refractivity contribution in [3.8, 4) is 5.75 Å². The number of phenolic OH excluding ortho intramolecular Hbond substituents is 1. The Balaban J connectivity index is 1.75. The van der Waals surface area contributed by atoms with Gasteiger partial charge >= 0.3 is 0 Å². The van der Waals surface area contributed by atoms with Gasteiger partial charge in [0, 0.05) is 24.9 Å². The van der Waals surface area contributed by atoms with Crippen LogP contribution in [0.15, 0.2) is 41.5 Å². The molecule has 0 aliphatic carbocycles. The number of hydrazone groups is 1.